The first kappa shape index (κ1) is 10.8. The molecule has 2 amide bonds. The molecule has 0 aromatic heterocycles. The summed E-state index contributed by atoms with van der Waals surface area (Å²) in [5, 5.41) is 0. The number of amides is 2. The molecule has 2 unspecified atom stereocenters. The van der Waals surface area contributed by atoms with Crippen molar-refractivity contribution < 1.29 is 9.59 Å². The van der Waals surface area contributed by atoms with Crippen LogP contribution in [0.3, 0.4) is 0 Å². The lowest BCUT2D eigenvalue weighted by Gasteiger charge is -2.22. The predicted molar refractivity (Wildman–Crippen MR) is 63.8 cm³/mol. The van der Waals surface area contributed by atoms with Crippen LogP contribution in [0.2, 0.25) is 0 Å². The molecular formula is C14H17NO2. The van der Waals surface area contributed by atoms with Gasteiger partial charge in [0.15, 0.2) is 0 Å². The molecule has 2 fully saturated rings. The van der Waals surface area contributed by atoms with Crippen molar-refractivity contribution in [2.45, 2.75) is 26.3 Å². The molecule has 2 aliphatic carbocycles. The Morgan fingerprint density at radius 2 is 2.06 bits per heavy atom. The zero-order valence-electron chi connectivity index (χ0n) is 10.2. The van der Waals surface area contributed by atoms with E-state index >= 15 is 0 Å². The molecule has 0 aromatic carbocycles. The monoisotopic (exact) mass is 231 g/mol. The van der Waals surface area contributed by atoms with E-state index < -0.39 is 0 Å². The zero-order chi connectivity index (χ0) is 12.2. The van der Waals surface area contributed by atoms with E-state index in [1.807, 2.05) is 6.92 Å². The van der Waals surface area contributed by atoms with Gasteiger partial charge in [-0.2, -0.15) is 0 Å². The average molecular weight is 231 g/mol. The Morgan fingerprint density at radius 3 is 2.76 bits per heavy atom. The van der Waals surface area contributed by atoms with Crippen LogP contribution in [0.5, 0.6) is 0 Å². The lowest BCUT2D eigenvalue weighted by Crippen LogP contribution is -2.37. The third-order valence-corrected chi connectivity index (χ3v) is 4.57. The Hall–Kier alpha value is -1.38. The minimum Gasteiger partial charge on any atom is -0.279 e. The standard InChI is InChI=1S/C14H17NO2/c1-8-13-11-6-4-3-5-10(11)7-12(13)15(9(2)16)14(8)17/h3-6,8,10-13H,7H2,1-2H3/t8-,10?,11?,12+,13-/m0/s1. The summed E-state index contributed by atoms with van der Waals surface area (Å²) < 4.78 is 0. The minimum atomic E-state index is -0.0963. The van der Waals surface area contributed by atoms with Crippen LogP contribution >= 0.6 is 0 Å². The summed E-state index contributed by atoms with van der Waals surface area (Å²) in [4.78, 5) is 25.2. The van der Waals surface area contributed by atoms with Crippen molar-refractivity contribution in [1.29, 1.82) is 0 Å². The molecule has 17 heavy (non-hydrogen) atoms. The molecule has 0 spiro atoms. The van der Waals surface area contributed by atoms with E-state index in [4.69, 9.17) is 0 Å². The number of carbonyl (C=O) groups is 2. The lowest BCUT2D eigenvalue weighted by atomic mass is 9.80. The molecule has 0 radical (unpaired) electrons. The first-order chi connectivity index (χ1) is 8.11. The topological polar surface area (TPSA) is 37.4 Å². The molecule has 3 heteroatoms. The summed E-state index contributed by atoms with van der Waals surface area (Å²) in [6.45, 7) is 3.47. The first-order valence-corrected chi connectivity index (χ1v) is 6.30. The molecule has 1 heterocycles. The van der Waals surface area contributed by atoms with Gasteiger partial charge >= 0.3 is 0 Å². The van der Waals surface area contributed by atoms with Crippen molar-refractivity contribution in [1.82, 2.24) is 4.90 Å². The number of imide groups is 1. The van der Waals surface area contributed by atoms with Crippen LogP contribution in [-0.2, 0) is 9.59 Å². The fourth-order valence-corrected chi connectivity index (χ4v) is 3.89. The van der Waals surface area contributed by atoms with Gasteiger partial charge in [0.05, 0.1) is 0 Å². The molecular weight excluding hydrogens is 214 g/mol. The van der Waals surface area contributed by atoms with Gasteiger partial charge < -0.3 is 0 Å². The van der Waals surface area contributed by atoms with Gasteiger partial charge in [-0.05, 0) is 24.2 Å². The van der Waals surface area contributed by atoms with Gasteiger partial charge in [-0.25, -0.2) is 0 Å². The smallest absolute Gasteiger partial charge is 0.232 e. The number of carbonyl (C=O) groups excluding carboxylic acids is 2. The molecule has 3 aliphatic rings. The van der Waals surface area contributed by atoms with E-state index in [1.54, 1.807) is 0 Å². The second-order valence-electron chi connectivity index (χ2n) is 5.41. The van der Waals surface area contributed by atoms with Crippen LogP contribution in [0.4, 0.5) is 0 Å². The maximum Gasteiger partial charge on any atom is 0.232 e. The highest BCUT2D eigenvalue weighted by Gasteiger charge is 2.55. The molecule has 1 saturated carbocycles. The van der Waals surface area contributed by atoms with E-state index in [0.717, 1.165) is 6.42 Å². The number of fused-ring (bicyclic) bond motifs is 3. The first-order valence-electron chi connectivity index (χ1n) is 6.30. The molecule has 0 N–H and O–H groups in total. The molecule has 3 nitrogen and oxygen atoms in total. The van der Waals surface area contributed by atoms with Crippen LogP contribution in [0, 0.1) is 23.7 Å². The molecule has 3 rings (SSSR count). The highest BCUT2D eigenvalue weighted by atomic mass is 16.2. The van der Waals surface area contributed by atoms with Crippen LogP contribution in [0.15, 0.2) is 24.3 Å². The Balaban J connectivity index is 1.97. The molecule has 5 atom stereocenters. The summed E-state index contributed by atoms with van der Waals surface area (Å²) in [7, 11) is 0. The van der Waals surface area contributed by atoms with Crippen molar-refractivity contribution in [3.05, 3.63) is 24.3 Å². The summed E-state index contributed by atoms with van der Waals surface area (Å²) in [6, 6.07) is 0.123. The van der Waals surface area contributed by atoms with Crippen LogP contribution in [-0.4, -0.2) is 22.8 Å². The maximum atomic E-state index is 12.1. The van der Waals surface area contributed by atoms with E-state index in [2.05, 4.69) is 24.3 Å². The SMILES string of the molecule is CC(=O)N1C(=O)[C@@H](C)[C@H]2C3C=CC=CC3C[C@H]21. The number of allylic oxidation sites excluding steroid dienone is 4. The Labute approximate surface area is 101 Å². The highest BCUT2D eigenvalue weighted by molar-refractivity contribution is 5.97. The predicted octanol–water partition coefficient (Wildman–Crippen LogP) is 1.76. The lowest BCUT2D eigenvalue weighted by molar-refractivity contribution is -0.143. The number of hydrogen-bond donors (Lipinski definition) is 0. The van der Waals surface area contributed by atoms with Crippen molar-refractivity contribution in [2.24, 2.45) is 23.7 Å². The van der Waals surface area contributed by atoms with E-state index in [9.17, 15) is 9.59 Å². The van der Waals surface area contributed by atoms with Crippen molar-refractivity contribution in [3.63, 3.8) is 0 Å². The third kappa shape index (κ3) is 1.34. The minimum absolute atomic E-state index is 0.0185. The van der Waals surface area contributed by atoms with Crippen molar-refractivity contribution in [2.75, 3.05) is 0 Å². The molecule has 90 valence electrons. The molecule has 0 aromatic rings. The van der Waals surface area contributed by atoms with Gasteiger partial charge in [-0.1, -0.05) is 31.2 Å². The van der Waals surface area contributed by atoms with Crippen LogP contribution in [0.25, 0.3) is 0 Å². The van der Waals surface area contributed by atoms with Gasteiger partial charge in [0.2, 0.25) is 11.8 Å². The summed E-state index contributed by atoms with van der Waals surface area (Å²) >= 11 is 0. The third-order valence-electron chi connectivity index (χ3n) is 4.57. The van der Waals surface area contributed by atoms with E-state index in [1.165, 1.54) is 11.8 Å². The average Bonchev–Trinajstić information content (AvgIpc) is 2.76. The Kier molecular flexibility index (Phi) is 2.25. The second kappa shape index (κ2) is 3.56. The van der Waals surface area contributed by atoms with Gasteiger partial charge in [0.25, 0.3) is 0 Å². The Bertz CT molecular complexity index is 438. The number of nitrogens with zero attached hydrogens (tertiary/aromatic N) is 1. The highest BCUT2D eigenvalue weighted by Crippen LogP contribution is 2.50. The summed E-state index contributed by atoms with van der Waals surface area (Å²) in [5.74, 6) is 1.17. The molecule has 1 aliphatic heterocycles. The molecule has 0 bridgehead atoms. The summed E-state index contributed by atoms with van der Waals surface area (Å²) in [6.07, 6.45) is 9.51. The Morgan fingerprint density at radius 1 is 1.35 bits per heavy atom. The largest absolute Gasteiger partial charge is 0.279 e. The van der Waals surface area contributed by atoms with E-state index in [0.29, 0.717) is 17.8 Å². The normalized spacial score (nSPS) is 42.8. The quantitative estimate of drug-likeness (QED) is 0.637. The van der Waals surface area contributed by atoms with Gasteiger partial charge in [0.1, 0.15) is 0 Å². The number of hydrogen-bond acceptors (Lipinski definition) is 2. The van der Waals surface area contributed by atoms with Gasteiger partial charge in [-0.15, -0.1) is 0 Å². The number of likely N-dealkylation sites (tertiary alicyclic amines) is 1. The van der Waals surface area contributed by atoms with Crippen LogP contribution < -0.4 is 0 Å². The van der Waals surface area contributed by atoms with Crippen molar-refractivity contribution in [3.8, 4) is 0 Å². The second-order valence-corrected chi connectivity index (χ2v) is 5.41. The molecule has 1 saturated heterocycles. The fourth-order valence-electron chi connectivity index (χ4n) is 3.89. The fraction of sp³-hybridized carbons (Fsp3) is 0.571. The van der Waals surface area contributed by atoms with Crippen molar-refractivity contribution >= 4 is 11.8 Å². The summed E-state index contributed by atoms with van der Waals surface area (Å²) in [5.41, 5.74) is 0. The maximum absolute atomic E-state index is 12.1. The van der Waals surface area contributed by atoms with Gasteiger partial charge in [0, 0.05) is 18.9 Å². The van der Waals surface area contributed by atoms with E-state index in [-0.39, 0.29) is 23.8 Å². The zero-order valence-corrected chi connectivity index (χ0v) is 10.2. The van der Waals surface area contributed by atoms with Gasteiger partial charge in [-0.3, -0.25) is 14.5 Å². The number of rotatable bonds is 0. The van der Waals surface area contributed by atoms with Crippen LogP contribution in [0.1, 0.15) is 20.3 Å².